The molecular formula is C14H14N2O3S. The van der Waals surface area contributed by atoms with E-state index in [1.165, 1.54) is 0 Å². The first-order chi connectivity index (χ1) is 9.72. The molecule has 2 heterocycles. The SMILES string of the molecule is COc1ccc(/C=C2\N=C3SCCN3C2=O)c(OC)c1. The van der Waals surface area contributed by atoms with Crippen molar-refractivity contribution < 1.29 is 14.3 Å². The Labute approximate surface area is 121 Å². The van der Waals surface area contributed by atoms with Crippen LogP contribution in [0.25, 0.3) is 6.08 Å². The van der Waals surface area contributed by atoms with Crippen molar-refractivity contribution in [1.82, 2.24) is 4.90 Å². The second-order valence-corrected chi connectivity index (χ2v) is 5.40. The molecule has 20 heavy (non-hydrogen) atoms. The molecule has 0 aliphatic carbocycles. The highest BCUT2D eigenvalue weighted by Gasteiger charge is 2.34. The summed E-state index contributed by atoms with van der Waals surface area (Å²) in [6.07, 6.45) is 1.76. The number of hydrogen-bond acceptors (Lipinski definition) is 5. The van der Waals surface area contributed by atoms with Gasteiger partial charge in [-0.15, -0.1) is 0 Å². The molecule has 0 spiro atoms. The molecule has 1 amide bonds. The molecule has 1 aromatic rings. The molecule has 6 heteroatoms. The van der Waals surface area contributed by atoms with Gasteiger partial charge < -0.3 is 9.47 Å². The van der Waals surface area contributed by atoms with Crippen LogP contribution in [0.3, 0.4) is 0 Å². The van der Waals surface area contributed by atoms with E-state index in [0.29, 0.717) is 17.2 Å². The van der Waals surface area contributed by atoms with Gasteiger partial charge in [-0.1, -0.05) is 11.8 Å². The predicted octanol–water partition coefficient (Wildman–Crippen LogP) is 1.99. The molecule has 3 rings (SSSR count). The smallest absolute Gasteiger partial charge is 0.278 e. The lowest BCUT2D eigenvalue weighted by Gasteiger charge is -2.08. The van der Waals surface area contributed by atoms with E-state index < -0.39 is 0 Å². The monoisotopic (exact) mass is 290 g/mol. The van der Waals surface area contributed by atoms with Crippen LogP contribution in [0.15, 0.2) is 28.9 Å². The number of amidine groups is 1. The maximum absolute atomic E-state index is 12.2. The summed E-state index contributed by atoms with van der Waals surface area (Å²) in [5.74, 6) is 2.25. The molecule has 0 saturated carbocycles. The van der Waals surface area contributed by atoms with E-state index in [0.717, 1.165) is 23.0 Å². The molecule has 1 saturated heterocycles. The van der Waals surface area contributed by atoms with Gasteiger partial charge in [0.2, 0.25) is 0 Å². The second-order valence-electron chi connectivity index (χ2n) is 4.34. The number of hydrogen-bond donors (Lipinski definition) is 0. The van der Waals surface area contributed by atoms with Crippen molar-refractivity contribution in [1.29, 1.82) is 0 Å². The van der Waals surface area contributed by atoms with E-state index >= 15 is 0 Å². The third-order valence-electron chi connectivity index (χ3n) is 3.19. The molecule has 0 atom stereocenters. The molecule has 2 aliphatic rings. The highest BCUT2D eigenvalue weighted by Crippen LogP contribution is 2.31. The molecule has 1 aromatic carbocycles. The van der Waals surface area contributed by atoms with Gasteiger partial charge in [0.1, 0.15) is 17.2 Å². The standard InChI is InChI=1S/C14H14N2O3S/c1-18-10-4-3-9(12(8-10)19-2)7-11-13(17)16-5-6-20-14(16)15-11/h3-4,7-8H,5-6H2,1-2H3/b11-7-. The summed E-state index contributed by atoms with van der Waals surface area (Å²) >= 11 is 1.61. The van der Waals surface area contributed by atoms with Crippen molar-refractivity contribution in [3.05, 3.63) is 29.5 Å². The van der Waals surface area contributed by atoms with E-state index in [1.54, 1.807) is 43.0 Å². The second kappa shape index (κ2) is 5.20. The van der Waals surface area contributed by atoms with Gasteiger partial charge in [-0.3, -0.25) is 9.69 Å². The molecule has 0 unspecified atom stereocenters. The summed E-state index contributed by atoms with van der Waals surface area (Å²) in [6, 6.07) is 5.47. The Kier molecular flexibility index (Phi) is 3.40. The van der Waals surface area contributed by atoms with Crippen molar-refractivity contribution in [2.75, 3.05) is 26.5 Å². The number of carbonyl (C=O) groups excluding carboxylic acids is 1. The fourth-order valence-electron chi connectivity index (χ4n) is 2.15. The molecule has 104 valence electrons. The largest absolute Gasteiger partial charge is 0.497 e. The van der Waals surface area contributed by atoms with Crippen LogP contribution in [0.2, 0.25) is 0 Å². The van der Waals surface area contributed by atoms with Crippen molar-refractivity contribution in [3.8, 4) is 11.5 Å². The van der Waals surface area contributed by atoms with E-state index in [2.05, 4.69) is 4.99 Å². The molecular weight excluding hydrogens is 276 g/mol. The summed E-state index contributed by atoms with van der Waals surface area (Å²) < 4.78 is 10.5. The van der Waals surface area contributed by atoms with E-state index in [-0.39, 0.29) is 5.91 Å². The summed E-state index contributed by atoms with van der Waals surface area (Å²) in [5, 5.41) is 0.800. The molecule has 0 bridgehead atoms. The molecule has 0 aromatic heterocycles. The Hall–Kier alpha value is -1.95. The van der Waals surface area contributed by atoms with Gasteiger partial charge in [-0.25, -0.2) is 4.99 Å². The van der Waals surface area contributed by atoms with Crippen LogP contribution in [0.4, 0.5) is 0 Å². The van der Waals surface area contributed by atoms with E-state index in [4.69, 9.17) is 9.47 Å². The van der Waals surface area contributed by atoms with Gasteiger partial charge in [0.05, 0.1) is 14.2 Å². The van der Waals surface area contributed by atoms with Crippen LogP contribution in [0, 0.1) is 0 Å². The molecule has 2 aliphatic heterocycles. The lowest BCUT2D eigenvalue weighted by atomic mass is 10.1. The van der Waals surface area contributed by atoms with Gasteiger partial charge >= 0.3 is 0 Å². The zero-order valence-corrected chi connectivity index (χ0v) is 12.1. The van der Waals surface area contributed by atoms with Crippen LogP contribution >= 0.6 is 11.8 Å². The molecule has 5 nitrogen and oxygen atoms in total. The topological polar surface area (TPSA) is 51.1 Å². The first kappa shape index (κ1) is 13.1. The Balaban J connectivity index is 1.96. The van der Waals surface area contributed by atoms with E-state index in [1.807, 2.05) is 12.1 Å². The molecule has 0 radical (unpaired) electrons. The minimum Gasteiger partial charge on any atom is -0.497 e. The third-order valence-corrected chi connectivity index (χ3v) is 4.15. The summed E-state index contributed by atoms with van der Waals surface area (Å²) in [5.41, 5.74) is 1.27. The molecule has 0 N–H and O–H groups in total. The minimum atomic E-state index is -0.0390. The zero-order chi connectivity index (χ0) is 14.1. The Morgan fingerprint density at radius 1 is 1.35 bits per heavy atom. The number of nitrogens with zero attached hydrogens (tertiary/aromatic N) is 2. The maximum Gasteiger partial charge on any atom is 0.278 e. The Morgan fingerprint density at radius 2 is 2.20 bits per heavy atom. The number of rotatable bonds is 3. The van der Waals surface area contributed by atoms with Crippen LogP contribution in [-0.2, 0) is 4.79 Å². The Bertz CT molecular complexity index is 625. The fourth-order valence-corrected chi connectivity index (χ4v) is 3.10. The number of fused-ring (bicyclic) bond motifs is 1. The van der Waals surface area contributed by atoms with Gasteiger partial charge in [-0.2, -0.15) is 0 Å². The average Bonchev–Trinajstić information content (AvgIpc) is 3.04. The van der Waals surface area contributed by atoms with E-state index in [9.17, 15) is 4.79 Å². The number of ether oxygens (including phenoxy) is 2. The quantitative estimate of drug-likeness (QED) is 0.799. The van der Waals surface area contributed by atoms with Crippen molar-refractivity contribution in [3.63, 3.8) is 0 Å². The van der Waals surface area contributed by atoms with Crippen LogP contribution < -0.4 is 9.47 Å². The first-order valence-corrected chi connectivity index (χ1v) is 7.18. The maximum atomic E-state index is 12.2. The number of aliphatic imine (C=N–C) groups is 1. The van der Waals surface area contributed by atoms with Gasteiger partial charge in [0.15, 0.2) is 5.17 Å². The molecule has 1 fully saturated rings. The lowest BCUT2D eigenvalue weighted by Crippen LogP contribution is -2.26. The summed E-state index contributed by atoms with van der Waals surface area (Å²) in [4.78, 5) is 18.3. The normalized spacial score (nSPS) is 19.3. The number of benzene rings is 1. The van der Waals surface area contributed by atoms with Crippen LogP contribution in [0.5, 0.6) is 11.5 Å². The lowest BCUT2D eigenvalue weighted by molar-refractivity contribution is -0.122. The van der Waals surface area contributed by atoms with Crippen molar-refractivity contribution >= 4 is 28.9 Å². The average molecular weight is 290 g/mol. The van der Waals surface area contributed by atoms with Crippen molar-refractivity contribution in [2.45, 2.75) is 0 Å². The van der Waals surface area contributed by atoms with Crippen LogP contribution in [-0.4, -0.2) is 42.5 Å². The third kappa shape index (κ3) is 2.16. The Morgan fingerprint density at radius 3 is 2.90 bits per heavy atom. The number of methoxy groups -OCH3 is 2. The number of amides is 1. The summed E-state index contributed by atoms with van der Waals surface area (Å²) in [6.45, 7) is 0.736. The zero-order valence-electron chi connectivity index (χ0n) is 11.3. The van der Waals surface area contributed by atoms with Gasteiger partial charge in [0.25, 0.3) is 5.91 Å². The predicted molar refractivity (Wildman–Crippen MR) is 79.1 cm³/mol. The van der Waals surface area contributed by atoms with Crippen LogP contribution in [0.1, 0.15) is 5.56 Å². The number of carbonyl (C=O) groups is 1. The van der Waals surface area contributed by atoms with Gasteiger partial charge in [0, 0.05) is 23.9 Å². The number of thioether (sulfide) groups is 1. The van der Waals surface area contributed by atoms with Gasteiger partial charge in [-0.05, 0) is 18.2 Å². The van der Waals surface area contributed by atoms with Crippen molar-refractivity contribution in [2.24, 2.45) is 4.99 Å². The minimum absolute atomic E-state index is 0.0390. The fraction of sp³-hybridized carbons (Fsp3) is 0.286. The highest BCUT2D eigenvalue weighted by atomic mass is 32.2. The highest BCUT2D eigenvalue weighted by molar-refractivity contribution is 8.14. The first-order valence-electron chi connectivity index (χ1n) is 6.20. The summed E-state index contributed by atoms with van der Waals surface area (Å²) in [7, 11) is 3.19.